The number of aromatic amines is 1. The van der Waals surface area contributed by atoms with Gasteiger partial charge in [0.05, 0.1) is 11.3 Å². The molecule has 31 heavy (non-hydrogen) atoms. The molecular weight excluding hydrogens is 401 g/mol. The molecule has 0 aliphatic carbocycles. The van der Waals surface area contributed by atoms with E-state index in [1.807, 2.05) is 0 Å². The Hall–Kier alpha value is -3.19. The molecule has 0 spiro atoms. The molecule has 2 aromatic heterocycles. The van der Waals surface area contributed by atoms with E-state index in [0.29, 0.717) is 11.4 Å². The molecule has 2 aromatic carbocycles. The Morgan fingerprint density at radius 1 is 1.10 bits per heavy atom. The highest BCUT2D eigenvalue weighted by Crippen LogP contribution is 2.31. The molecule has 0 amide bonds. The molecule has 1 aliphatic heterocycles. The average molecular weight is 422 g/mol. The highest BCUT2D eigenvalue weighted by atomic mass is 19.4. The summed E-state index contributed by atoms with van der Waals surface area (Å²) in [6, 6.07) is 11.4. The lowest BCUT2D eigenvalue weighted by Crippen LogP contribution is -2.30. The Balaban J connectivity index is 1.33. The van der Waals surface area contributed by atoms with E-state index in [1.54, 1.807) is 6.20 Å². The lowest BCUT2D eigenvalue weighted by molar-refractivity contribution is -0.137. The normalized spacial score (nSPS) is 14.7. The summed E-state index contributed by atoms with van der Waals surface area (Å²) in [5.74, 6) is 0.466. The van der Waals surface area contributed by atoms with Gasteiger partial charge in [0.1, 0.15) is 0 Å². The number of H-pyrrole nitrogens is 1. The van der Waals surface area contributed by atoms with Crippen molar-refractivity contribution in [3.63, 3.8) is 0 Å². The van der Waals surface area contributed by atoms with Crippen LogP contribution in [-0.2, 0) is 25.7 Å². The average Bonchev–Trinajstić information content (AvgIpc) is 3.14. The van der Waals surface area contributed by atoms with E-state index < -0.39 is 11.7 Å². The second-order valence-corrected chi connectivity index (χ2v) is 8.06. The van der Waals surface area contributed by atoms with Gasteiger partial charge in [-0.2, -0.15) is 13.2 Å². The number of hydrogen-bond acceptors (Lipinski definition) is 3. The number of aryl methyl sites for hydroxylation is 1. The van der Waals surface area contributed by atoms with Crippen LogP contribution in [0.3, 0.4) is 0 Å². The molecule has 4 aromatic rings. The second kappa shape index (κ2) is 7.50. The fourth-order valence-electron chi connectivity index (χ4n) is 4.13. The molecule has 158 valence electrons. The first-order valence-corrected chi connectivity index (χ1v) is 10.2. The minimum Gasteiger partial charge on any atom is -0.361 e. The number of nitrogens with zero attached hydrogens (tertiary/aromatic N) is 3. The number of nitrogens with one attached hydrogen (secondary N) is 1. The molecule has 0 bridgehead atoms. The number of benzene rings is 2. The van der Waals surface area contributed by atoms with Crippen molar-refractivity contribution in [1.29, 1.82) is 0 Å². The highest BCUT2D eigenvalue weighted by Gasteiger charge is 2.30. The quantitative estimate of drug-likeness (QED) is 0.474. The fraction of sp³-hybridized carbons (Fsp3) is 0.250. The van der Waals surface area contributed by atoms with Crippen LogP contribution in [-0.4, -0.2) is 26.4 Å². The van der Waals surface area contributed by atoms with Crippen molar-refractivity contribution < 1.29 is 13.2 Å². The number of aromatic nitrogens is 3. The van der Waals surface area contributed by atoms with Gasteiger partial charge in [-0.3, -0.25) is 4.90 Å². The van der Waals surface area contributed by atoms with E-state index in [9.17, 15) is 13.2 Å². The Kier molecular flexibility index (Phi) is 4.78. The number of hydrogen-bond donors (Lipinski definition) is 1. The summed E-state index contributed by atoms with van der Waals surface area (Å²) < 4.78 is 38.4. The molecular formula is C24H21F3N4. The van der Waals surface area contributed by atoms with Gasteiger partial charge in [-0.1, -0.05) is 24.3 Å². The standard InChI is InChI=1S/C24H21F3N4/c1-15-2-7-20-17(11-28-22(20)10-15)13-31-9-8-21-18(14-31)12-29-23(30-21)16-3-5-19(6-4-16)24(25,26)27/h2-7,10-12,28H,8-9,13-14H2,1H3. The maximum atomic E-state index is 12.8. The molecule has 4 nitrogen and oxygen atoms in total. The number of halogens is 3. The maximum absolute atomic E-state index is 12.8. The van der Waals surface area contributed by atoms with Gasteiger partial charge < -0.3 is 4.98 Å². The van der Waals surface area contributed by atoms with E-state index in [2.05, 4.69) is 51.2 Å². The zero-order chi connectivity index (χ0) is 21.6. The SMILES string of the molecule is Cc1ccc2c(CN3CCc4nc(-c5ccc(C(F)(F)F)cc5)ncc4C3)c[nH]c2c1. The second-order valence-electron chi connectivity index (χ2n) is 8.06. The van der Waals surface area contributed by atoms with Crippen molar-refractivity contribution in [1.82, 2.24) is 19.9 Å². The number of fused-ring (bicyclic) bond motifs is 2. The summed E-state index contributed by atoms with van der Waals surface area (Å²) in [6.07, 6.45) is 0.319. The first-order chi connectivity index (χ1) is 14.9. The lowest BCUT2D eigenvalue weighted by atomic mass is 10.0. The predicted molar refractivity (Wildman–Crippen MR) is 113 cm³/mol. The Morgan fingerprint density at radius 3 is 2.68 bits per heavy atom. The third-order valence-electron chi connectivity index (χ3n) is 5.80. The van der Waals surface area contributed by atoms with Gasteiger partial charge in [0.2, 0.25) is 0 Å². The summed E-state index contributed by atoms with van der Waals surface area (Å²) >= 11 is 0. The van der Waals surface area contributed by atoms with Crippen LogP contribution in [0.15, 0.2) is 54.9 Å². The van der Waals surface area contributed by atoms with Gasteiger partial charge in [-0.15, -0.1) is 0 Å². The molecule has 0 radical (unpaired) electrons. The van der Waals surface area contributed by atoms with Crippen molar-refractivity contribution in [3.8, 4) is 11.4 Å². The van der Waals surface area contributed by atoms with E-state index in [-0.39, 0.29) is 0 Å². The summed E-state index contributed by atoms with van der Waals surface area (Å²) in [7, 11) is 0. The van der Waals surface area contributed by atoms with Gasteiger partial charge in [0.25, 0.3) is 0 Å². The van der Waals surface area contributed by atoms with Crippen LogP contribution in [0.5, 0.6) is 0 Å². The minimum absolute atomic E-state index is 0.466. The van der Waals surface area contributed by atoms with Crippen LogP contribution < -0.4 is 0 Å². The molecule has 3 heterocycles. The van der Waals surface area contributed by atoms with Crippen molar-refractivity contribution in [2.45, 2.75) is 32.6 Å². The number of rotatable bonds is 3. The zero-order valence-corrected chi connectivity index (χ0v) is 17.0. The smallest absolute Gasteiger partial charge is 0.361 e. The minimum atomic E-state index is -4.34. The third-order valence-corrected chi connectivity index (χ3v) is 5.80. The van der Waals surface area contributed by atoms with Crippen LogP contribution >= 0.6 is 0 Å². The maximum Gasteiger partial charge on any atom is 0.416 e. The Labute approximate surface area is 177 Å². The van der Waals surface area contributed by atoms with E-state index in [4.69, 9.17) is 0 Å². The largest absolute Gasteiger partial charge is 0.416 e. The first kappa shape index (κ1) is 19.8. The van der Waals surface area contributed by atoms with Crippen LogP contribution in [0.4, 0.5) is 13.2 Å². The van der Waals surface area contributed by atoms with Crippen molar-refractivity contribution in [2.75, 3.05) is 6.54 Å². The third kappa shape index (κ3) is 3.93. The molecule has 0 fully saturated rings. The van der Waals surface area contributed by atoms with Crippen LogP contribution in [0, 0.1) is 6.92 Å². The topological polar surface area (TPSA) is 44.8 Å². The van der Waals surface area contributed by atoms with E-state index >= 15 is 0 Å². The molecule has 5 rings (SSSR count). The van der Waals surface area contributed by atoms with Gasteiger partial charge in [0, 0.05) is 60.5 Å². The molecule has 0 saturated heterocycles. The molecule has 1 N–H and O–H groups in total. The summed E-state index contributed by atoms with van der Waals surface area (Å²) in [4.78, 5) is 14.8. The fourth-order valence-corrected chi connectivity index (χ4v) is 4.13. The molecule has 0 unspecified atom stereocenters. The van der Waals surface area contributed by atoms with Gasteiger partial charge in [-0.25, -0.2) is 9.97 Å². The van der Waals surface area contributed by atoms with Crippen molar-refractivity contribution in [3.05, 3.63) is 82.8 Å². The summed E-state index contributed by atoms with van der Waals surface area (Å²) in [5.41, 5.74) is 5.60. The monoisotopic (exact) mass is 422 g/mol. The number of alkyl halides is 3. The lowest BCUT2D eigenvalue weighted by Gasteiger charge is -2.28. The summed E-state index contributed by atoms with van der Waals surface area (Å²) in [6.45, 7) is 4.54. The van der Waals surface area contributed by atoms with Crippen LogP contribution in [0.1, 0.15) is 27.9 Å². The Bertz CT molecular complexity index is 1240. The summed E-state index contributed by atoms with van der Waals surface area (Å²) in [5, 5.41) is 1.24. The van der Waals surface area contributed by atoms with E-state index in [0.717, 1.165) is 55.0 Å². The predicted octanol–water partition coefficient (Wildman–Crippen LogP) is 5.51. The van der Waals surface area contributed by atoms with Crippen molar-refractivity contribution in [2.24, 2.45) is 0 Å². The zero-order valence-electron chi connectivity index (χ0n) is 17.0. The molecule has 0 saturated carbocycles. The highest BCUT2D eigenvalue weighted by molar-refractivity contribution is 5.83. The molecule has 1 aliphatic rings. The van der Waals surface area contributed by atoms with Gasteiger partial charge in [-0.05, 0) is 36.2 Å². The van der Waals surface area contributed by atoms with Crippen LogP contribution in [0.2, 0.25) is 0 Å². The Morgan fingerprint density at radius 2 is 1.90 bits per heavy atom. The van der Waals surface area contributed by atoms with Gasteiger partial charge in [0.15, 0.2) is 5.82 Å². The van der Waals surface area contributed by atoms with E-state index in [1.165, 1.54) is 28.6 Å². The molecule has 7 heteroatoms. The van der Waals surface area contributed by atoms with Crippen LogP contribution in [0.25, 0.3) is 22.3 Å². The van der Waals surface area contributed by atoms with Gasteiger partial charge >= 0.3 is 6.18 Å². The first-order valence-electron chi connectivity index (χ1n) is 10.2. The molecule has 0 atom stereocenters. The van der Waals surface area contributed by atoms with Crippen molar-refractivity contribution >= 4 is 10.9 Å².